The molecule has 31 heavy (non-hydrogen) atoms. The fourth-order valence-corrected chi connectivity index (χ4v) is 4.15. The number of imide groups is 1. The number of urea groups is 1. The molecule has 1 saturated heterocycles. The normalized spacial score (nSPS) is 18.2. The van der Waals surface area contributed by atoms with Gasteiger partial charge in [0, 0.05) is 10.9 Å². The van der Waals surface area contributed by atoms with Crippen molar-refractivity contribution < 1.29 is 14.4 Å². The van der Waals surface area contributed by atoms with Gasteiger partial charge in [-0.25, -0.2) is 9.78 Å². The molecule has 8 heteroatoms. The summed E-state index contributed by atoms with van der Waals surface area (Å²) in [7, 11) is 0. The highest BCUT2D eigenvalue weighted by Gasteiger charge is 2.49. The van der Waals surface area contributed by atoms with Gasteiger partial charge >= 0.3 is 6.03 Å². The van der Waals surface area contributed by atoms with Crippen LogP contribution in [0.15, 0.2) is 53.9 Å². The smallest absolute Gasteiger partial charge is 0.319 e. The van der Waals surface area contributed by atoms with Crippen molar-refractivity contribution in [3.63, 3.8) is 0 Å². The number of benzene rings is 2. The Morgan fingerprint density at radius 3 is 2.32 bits per heavy atom. The highest BCUT2D eigenvalue weighted by atomic mass is 32.1. The molecular weight excluding hydrogens is 412 g/mol. The van der Waals surface area contributed by atoms with Crippen LogP contribution in [0.3, 0.4) is 0 Å². The van der Waals surface area contributed by atoms with Crippen LogP contribution in [0.5, 0.6) is 0 Å². The number of amides is 4. The van der Waals surface area contributed by atoms with Crippen molar-refractivity contribution in [2.24, 2.45) is 0 Å². The molecule has 4 rings (SSSR count). The van der Waals surface area contributed by atoms with Crippen molar-refractivity contribution >= 4 is 34.3 Å². The SMILES string of the molecule is Cc1ccc(-c2csc(NC(=O)CN3C(=O)NC(C)(c4ccc(C)cc4)C3=O)n2)cc1. The molecule has 1 aliphatic heterocycles. The Morgan fingerprint density at radius 1 is 1.06 bits per heavy atom. The van der Waals surface area contributed by atoms with Crippen molar-refractivity contribution in [2.75, 3.05) is 11.9 Å². The first-order valence-corrected chi connectivity index (χ1v) is 10.7. The predicted octanol–water partition coefficient (Wildman–Crippen LogP) is 3.83. The van der Waals surface area contributed by atoms with Crippen LogP contribution in [0.2, 0.25) is 0 Å². The quantitative estimate of drug-likeness (QED) is 0.597. The Balaban J connectivity index is 1.44. The summed E-state index contributed by atoms with van der Waals surface area (Å²) in [5.74, 6) is -0.947. The third-order valence-electron chi connectivity index (χ3n) is 5.30. The standard InChI is InChI=1S/C23H22N4O3S/c1-14-4-8-16(9-5-14)18-13-31-21(24-18)25-19(28)12-27-20(29)23(3,26-22(27)30)17-10-6-15(2)7-11-17/h4-11,13H,12H2,1-3H3,(H,26,30)(H,24,25,28). The predicted molar refractivity (Wildman–Crippen MR) is 120 cm³/mol. The van der Waals surface area contributed by atoms with Crippen molar-refractivity contribution in [1.82, 2.24) is 15.2 Å². The van der Waals surface area contributed by atoms with E-state index in [1.54, 1.807) is 19.1 Å². The summed E-state index contributed by atoms with van der Waals surface area (Å²) >= 11 is 1.29. The van der Waals surface area contributed by atoms with Gasteiger partial charge in [-0.05, 0) is 26.3 Å². The lowest BCUT2D eigenvalue weighted by molar-refractivity contribution is -0.133. The van der Waals surface area contributed by atoms with E-state index in [4.69, 9.17) is 0 Å². The number of nitrogens with zero attached hydrogens (tertiary/aromatic N) is 2. The largest absolute Gasteiger partial charge is 0.325 e. The average Bonchev–Trinajstić information content (AvgIpc) is 3.28. The summed E-state index contributed by atoms with van der Waals surface area (Å²) in [5, 5.41) is 7.65. The zero-order valence-electron chi connectivity index (χ0n) is 17.4. The van der Waals surface area contributed by atoms with Crippen LogP contribution in [-0.2, 0) is 15.1 Å². The Bertz CT molecular complexity index is 1150. The molecule has 2 N–H and O–H groups in total. The van der Waals surface area contributed by atoms with Crippen LogP contribution in [0.25, 0.3) is 11.3 Å². The molecule has 0 aliphatic carbocycles. The molecule has 0 saturated carbocycles. The number of thiazole rings is 1. The lowest BCUT2D eigenvalue weighted by Crippen LogP contribution is -2.42. The number of anilines is 1. The van der Waals surface area contributed by atoms with E-state index in [-0.39, 0.29) is 6.54 Å². The van der Waals surface area contributed by atoms with Gasteiger partial charge in [0.25, 0.3) is 5.91 Å². The van der Waals surface area contributed by atoms with Crippen molar-refractivity contribution in [1.29, 1.82) is 0 Å². The molecule has 2 heterocycles. The topological polar surface area (TPSA) is 91.4 Å². The highest BCUT2D eigenvalue weighted by molar-refractivity contribution is 7.14. The molecule has 3 aromatic rings. The minimum Gasteiger partial charge on any atom is -0.319 e. The van der Waals surface area contributed by atoms with E-state index < -0.39 is 23.4 Å². The van der Waals surface area contributed by atoms with Gasteiger partial charge in [0.1, 0.15) is 12.1 Å². The first-order valence-electron chi connectivity index (χ1n) is 9.80. The first-order chi connectivity index (χ1) is 14.8. The van der Waals surface area contributed by atoms with Crippen LogP contribution in [0.1, 0.15) is 23.6 Å². The average molecular weight is 435 g/mol. The minimum absolute atomic E-state index is 0.383. The zero-order valence-corrected chi connectivity index (χ0v) is 18.2. The summed E-state index contributed by atoms with van der Waals surface area (Å²) in [6.45, 7) is 5.22. The highest BCUT2D eigenvalue weighted by Crippen LogP contribution is 2.29. The number of rotatable bonds is 5. The van der Waals surface area contributed by atoms with Crippen LogP contribution in [0.4, 0.5) is 9.93 Å². The van der Waals surface area contributed by atoms with E-state index in [0.717, 1.165) is 27.3 Å². The van der Waals surface area contributed by atoms with Crippen LogP contribution >= 0.6 is 11.3 Å². The maximum atomic E-state index is 13.0. The molecule has 4 amide bonds. The number of hydrogen-bond acceptors (Lipinski definition) is 5. The van der Waals surface area contributed by atoms with Gasteiger partial charge in [-0.3, -0.25) is 14.5 Å². The number of carbonyl (C=O) groups excluding carboxylic acids is 3. The molecule has 2 aromatic carbocycles. The molecule has 158 valence electrons. The second kappa shape index (κ2) is 7.96. The van der Waals surface area contributed by atoms with Crippen LogP contribution in [0, 0.1) is 13.8 Å². The molecular formula is C23H22N4O3S. The van der Waals surface area contributed by atoms with Crippen molar-refractivity contribution in [3.05, 3.63) is 70.6 Å². The first kappa shape index (κ1) is 20.7. The molecule has 0 radical (unpaired) electrons. The van der Waals surface area contributed by atoms with Crippen molar-refractivity contribution in [3.8, 4) is 11.3 Å². The van der Waals surface area contributed by atoms with E-state index in [9.17, 15) is 14.4 Å². The monoisotopic (exact) mass is 434 g/mol. The molecule has 1 atom stereocenters. The van der Waals surface area contributed by atoms with E-state index in [0.29, 0.717) is 10.7 Å². The van der Waals surface area contributed by atoms with Gasteiger partial charge < -0.3 is 10.6 Å². The zero-order chi connectivity index (χ0) is 22.2. The minimum atomic E-state index is -1.20. The fraction of sp³-hybridized carbons (Fsp3) is 0.217. The number of aromatic nitrogens is 1. The Hall–Kier alpha value is -3.52. The van der Waals surface area contributed by atoms with E-state index >= 15 is 0 Å². The van der Waals surface area contributed by atoms with Crippen LogP contribution in [-0.4, -0.2) is 34.3 Å². The lowest BCUT2D eigenvalue weighted by atomic mass is 9.91. The number of carbonyl (C=O) groups is 3. The molecule has 0 bridgehead atoms. The Morgan fingerprint density at radius 2 is 1.68 bits per heavy atom. The molecule has 7 nitrogen and oxygen atoms in total. The summed E-state index contributed by atoms with van der Waals surface area (Å²) in [4.78, 5) is 43.3. The number of aryl methyl sites for hydroxylation is 2. The second-order valence-electron chi connectivity index (χ2n) is 7.76. The van der Waals surface area contributed by atoms with Gasteiger partial charge in [-0.15, -0.1) is 11.3 Å². The summed E-state index contributed by atoms with van der Waals surface area (Å²) < 4.78 is 0. The fourth-order valence-electron chi connectivity index (χ4n) is 3.41. The molecule has 0 spiro atoms. The number of nitrogens with one attached hydrogen (secondary N) is 2. The van der Waals surface area contributed by atoms with Crippen LogP contribution < -0.4 is 10.6 Å². The van der Waals surface area contributed by atoms with Gasteiger partial charge in [0.15, 0.2) is 5.13 Å². The maximum Gasteiger partial charge on any atom is 0.325 e. The second-order valence-corrected chi connectivity index (χ2v) is 8.62. The van der Waals surface area contributed by atoms with E-state index in [1.807, 2.05) is 55.6 Å². The Labute approximate surface area is 184 Å². The van der Waals surface area contributed by atoms with E-state index in [1.165, 1.54) is 11.3 Å². The van der Waals surface area contributed by atoms with Gasteiger partial charge in [-0.1, -0.05) is 59.7 Å². The molecule has 1 aliphatic rings. The van der Waals surface area contributed by atoms with E-state index in [2.05, 4.69) is 15.6 Å². The maximum absolute atomic E-state index is 13.0. The molecule has 1 aromatic heterocycles. The molecule has 1 unspecified atom stereocenters. The van der Waals surface area contributed by atoms with Gasteiger partial charge in [0.05, 0.1) is 5.69 Å². The van der Waals surface area contributed by atoms with Crippen molar-refractivity contribution in [2.45, 2.75) is 26.3 Å². The number of hydrogen-bond donors (Lipinski definition) is 2. The van der Waals surface area contributed by atoms with Gasteiger partial charge in [0.2, 0.25) is 5.91 Å². The molecule has 1 fully saturated rings. The Kier molecular flexibility index (Phi) is 5.32. The summed E-state index contributed by atoms with van der Waals surface area (Å²) in [5.41, 5.74) is 3.37. The summed E-state index contributed by atoms with van der Waals surface area (Å²) in [6.07, 6.45) is 0. The van der Waals surface area contributed by atoms with Gasteiger partial charge in [-0.2, -0.15) is 0 Å². The lowest BCUT2D eigenvalue weighted by Gasteiger charge is -2.22. The third-order valence-corrected chi connectivity index (χ3v) is 6.06. The summed E-state index contributed by atoms with van der Waals surface area (Å²) in [6, 6.07) is 14.7. The third kappa shape index (κ3) is 4.06.